The number of hydrogen-bond donors (Lipinski definition) is 1. The molecule has 2 aromatic rings. The first-order valence-electron chi connectivity index (χ1n) is 8.88. The Morgan fingerprint density at radius 1 is 1.15 bits per heavy atom. The lowest BCUT2D eigenvalue weighted by molar-refractivity contribution is 0.122. The van der Waals surface area contributed by atoms with Crippen LogP contribution in [0.25, 0.3) is 0 Å². The standard InChI is InChI=1S/C18H22FN5O2/c19-15-10-21-18(23-17(15)24-5-7-25-8-6-24)22-16-12-26-11-14(16)9-13-1-3-20-4-2-13/h1-4,10,14,16H,5-9,11-12H2,(H,21,22,23)/t14-,16+/m1/s1. The summed E-state index contributed by atoms with van der Waals surface area (Å²) in [6.07, 6.45) is 5.71. The Morgan fingerprint density at radius 3 is 2.77 bits per heavy atom. The maximum Gasteiger partial charge on any atom is 0.225 e. The van der Waals surface area contributed by atoms with Gasteiger partial charge in [0.15, 0.2) is 11.6 Å². The van der Waals surface area contributed by atoms with Crippen molar-refractivity contribution in [2.45, 2.75) is 12.5 Å². The fourth-order valence-electron chi connectivity index (χ4n) is 3.37. The van der Waals surface area contributed by atoms with E-state index >= 15 is 0 Å². The number of nitrogens with zero attached hydrogens (tertiary/aromatic N) is 4. The van der Waals surface area contributed by atoms with Gasteiger partial charge in [-0.05, 0) is 24.1 Å². The normalized spacial score (nSPS) is 23.2. The van der Waals surface area contributed by atoms with Crippen LogP contribution in [-0.2, 0) is 15.9 Å². The maximum atomic E-state index is 14.2. The number of rotatable bonds is 5. The molecule has 2 aromatic heterocycles. The molecule has 0 bridgehead atoms. The molecule has 1 N–H and O–H groups in total. The predicted octanol–water partition coefficient (Wildman–Crippen LogP) is 1.52. The second-order valence-electron chi connectivity index (χ2n) is 6.57. The van der Waals surface area contributed by atoms with Crippen LogP contribution in [0.15, 0.2) is 30.7 Å². The smallest absolute Gasteiger partial charge is 0.225 e. The molecule has 2 aliphatic heterocycles. The summed E-state index contributed by atoms with van der Waals surface area (Å²) >= 11 is 0. The molecule has 0 saturated carbocycles. The van der Waals surface area contributed by atoms with Gasteiger partial charge in [0.25, 0.3) is 0 Å². The summed E-state index contributed by atoms with van der Waals surface area (Å²) < 4.78 is 25.1. The Morgan fingerprint density at radius 2 is 1.96 bits per heavy atom. The van der Waals surface area contributed by atoms with Crippen LogP contribution in [0.1, 0.15) is 5.56 Å². The largest absolute Gasteiger partial charge is 0.379 e. The quantitative estimate of drug-likeness (QED) is 0.868. The van der Waals surface area contributed by atoms with E-state index in [2.05, 4.69) is 20.3 Å². The number of aromatic nitrogens is 3. The van der Waals surface area contributed by atoms with Crippen molar-refractivity contribution in [1.82, 2.24) is 15.0 Å². The topological polar surface area (TPSA) is 72.4 Å². The first kappa shape index (κ1) is 17.1. The van der Waals surface area contributed by atoms with E-state index in [9.17, 15) is 4.39 Å². The van der Waals surface area contributed by atoms with E-state index in [-0.39, 0.29) is 6.04 Å². The van der Waals surface area contributed by atoms with Gasteiger partial charge in [-0.3, -0.25) is 4.98 Å². The Bertz CT molecular complexity index is 727. The van der Waals surface area contributed by atoms with E-state index in [1.165, 1.54) is 11.8 Å². The van der Waals surface area contributed by atoms with Crippen molar-refractivity contribution in [3.8, 4) is 0 Å². The monoisotopic (exact) mass is 359 g/mol. The molecular weight excluding hydrogens is 337 g/mol. The van der Waals surface area contributed by atoms with Gasteiger partial charge < -0.3 is 19.7 Å². The Kier molecular flexibility index (Phi) is 5.21. The molecule has 0 amide bonds. The summed E-state index contributed by atoms with van der Waals surface area (Å²) in [5.74, 6) is 0.657. The van der Waals surface area contributed by atoms with Crippen molar-refractivity contribution in [2.24, 2.45) is 5.92 Å². The van der Waals surface area contributed by atoms with Crippen molar-refractivity contribution in [3.05, 3.63) is 42.1 Å². The van der Waals surface area contributed by atoms with Crippen LogP contribution < -0.4 is 10.2 Å². The van der Waals surface area contributed by atoms with E-state index in [1.54, 1.807) is 12.4 Å². The van der Waals surface area contributed by atoms with Crippen LogP contribution in [0.4, 0.5) is 16.2 Å². The number of hydrogen-bond acceptors (Lipinski definition) is 7. The predicted molar refractivity (Wildman–Crippen MR) is 94.7 cm³/mol. The van der Waals surface area contributed by atoms with Crippen molar-refractivity contribution in [1.29, 1.82) is 0 Å². The molecule has 2 fully saturated rings. The van der Waals surface area contributed by atoms with Crippen LogP contribution in [0.5, 0.6) is 0 Å². The van der Waals surface area contributed by atoms with Crippen molar-refractivity contribution in [2.75, 3.05) is 49.7 Å². The summed E-state index contributed by atoms with van der Waals surface area (Å²) in [6, 6.07) is 4.12. The van der Waals surface area contributed by atoms with Crippen LogP contribution in [-0.4, -0.2) is 60.5 Å². The number of pyridine rings is 1. The van der Waals surface area contributed by atoms with Gasteiger partial charge in [0.1, 0.15) is 0 Å². The van der Waals surface area contributed by atoms with Gasteiger partial charge in [-0.1, -0.05) is 0 Å². The third-order valence-electron chi connectivity index (χ3n) is 4.80. The van der Waals surface area contributed by atoms with E-state index in [0.29, 0.717) is 57.2 Å². The highest BCUT2D eigenvalue weighted by molar-refractivity contribution is 5.44. The fourth-order valence-corrected chi connectivity index (χ4v) is 3.37. The molecule has 7 nitrogen and oxygen atoms in total. The van der Waals surface area contributed by atoms with E-state index in [0.717, 1.165) is 6.42 Å². The van der Waals surface area contributed by atoms with Gasteiger partial charge in [-0.25, -0.2) is 9.37 Å². The third-order valence-corrected chi connectivity index (χ3v) is 4.80. The zero-order chi connectivity index (χ0) is 17.8. The molecule has 0 radical (unpaired) electrons. The second-order valence-corrected chi connectivity index (χ2v) is 6.57. The summed E-state index contributed by atoms with van der Waals surface area (Å²) in [5, 5.41) is 3.33. The van der Waals surface area contributed by atoms with E-state index in [4.69, 9.17) is 9.47 Å². The van der Waals surface area contributed by atoms with Crippen molar-refractivity contribution < 1.29 is 13.9 Å². The zero-order valence-corrected chi connectivity index (χ0v) is 14.5. The molecule has 8 heteroatoms. The van der Waals surface area contributed by atoms with Gasteiger partial charge in [0.2, 0.25) is 5.95 Å². The van der Waals surface area contributed by atoms with Gasteiger partial charge >= 0.3 is 0 Å². The molecule has 0 aromatic carbocycles. The molecule has 2 atom stereocenters. The first-order chi connectivity index (χ1) is 12.8. The van der Waals surface area contributed by atoms with E-state index in [1.807, 2.05) is 17.0 Å². The van der Waals surface area contributed by atoms with Crippen LogP contribution in [0.2, 0.25) is 0 Å². The number of nitrogens with one attached hydrogen (secondary N) is 1. The molecule has 0 spiro atoms. The van der Waals surface area contributed by atoms with Crippen molar-refractivity contribution in [3.63, 3.8) is 0 Å². The summed E-state index contributed by atoms with van der Waals surface area (Å²) in [5.41, 5.74) is 1.22. The van der Waals surface area contributed by atoms with Gasteiger partial charge in [0, 0.05) is 31.4 Å². The highest BCUT2D eigenvalue weighted by atomic mass is 19.1. The summed E-state index contributed by atoms with van der Waals surface area (Å²) in [7, 11) is 0. The van der Waals surface area contributed by atoms with Gasteiger partial charge in [-0.15, -0.1) is 0 Å². The Balaban J connectivity index is 1.46. The average molecular weight is 359 g/mol. The van der Waals surface area contributed by atoms with Gasteiger partial charge in [-0.2, -0.15) is 4.98 Å². The first-order valence-corrected chi connectivity index (χ1v) is 8.88. The second kappa shape index (κ2) is 7.92. The third kappa shape index (κ3) is 3.91. The van der Waals surface area contributed by atoms with Crippen LogP contribution in [0, 0.1) is 11.7 Å². The minimum Gasteiger partial charge on any atom is -0.379 e. The van der Waals surface area contributed by atoms with Crippen LogP contribution >= 0.6 is 0 Å². The Hall–Kier alpha value is -2.32. The number of morpholine rings is 1. The molecule has 2 saturated heterocycles. The lowest BCUT2D eigenvalue weighted by Gasteiger charge is -2.28. The highest BCUT2D eigenvalue weighted by Gasteiger charge is 2.29. The lowest BCUT2D eigenvalue weighted by Crippen LogP contribution is -2.37. The molecule has 4 rings (SSSR count). The molecule has 0 unspecified atom stereocenters. The van der Waals surface area contributed by atoms with Crippen molar-refractivity contribution >= 4 is 11.8 Å². The summed E-state index contributed by atoms with van der Waals surface area (Å²) in [4.78, 5) is 14.5. The zero-order valence-electron chi connectivity index (χ0n) is 14.5. The SMILES string of the molecule is Fc1cnc(N[C@H]2COC[C@H]2Cc2ccncc2)nc1N1CCOCC1. The molecule has 4 heterocycles. The molecule has 2 aliphatic rings. The minimum atomic E-state index is -0.409. The molecule has 26 heavy (non-hydrogen) atoms. The van der Waals surface area contributed by atoms with E-state index < -0.39 is 5.82 Å². The molecule has 0 aliphatic carbocycles. The minimum absolute atomic E-state index is 0.0890. The highest BCUT2D eigenvalue weighted by Crippen LogP contribution is 2.23. The Labute approximate surface area is 151 Å². The van der Waals surface area contributed by atoms with Gasteiger partial charge in [0.05, 0.1) is 38.7 Å². The fraction of sp³-hybridized carbons (Fsp3) is 0.500. The maximum absolute atomic E-state index is 14.2. The van der Waals surface area contributed by atoms with Crippen LogP contribution in [0.3, 0.4) is 0 Å². The number of anilines is 2. The molecule has 138 valence electrons. The average Bonchev–Trinajstić information content (AvgIpc) is 3.11. The summed E-state index contributed by atoms with van der Waals surface area (Å²) in [6.45, 7) is 3.68. The number of halogens is 1. The number of ether oxygens (including phenoxy) is 2. The molecular formula is C18H22FN5O2. The lowest BCUT2D eigenvalue weighted by atomic mass is 9.95.